The Labute approximate surface area is 407 Å². The van der Waals surface area contributed by atoms with Crippen molar-refractivity contribution in [1.29, 1.82) is 0 Å². The van der Waals surface area contributed by atoms with E-state index >= 15 is 4.39 Å². The Hall–Kier alpha value is -3.80. The molecule has 1 atom stereocenters. The maximum absolute atomic E-state index is 16.2. The number of rotatable bonds is 21. The number of anilines is 2. The Balaban J connectivity index is 1.14. The van der Waals surface area contributed by atoms with Gasteiger partial charge in [0.05, 0.1) is 28.4 Å². The first-order chi connectivity index (χ1) is 32.2. The number of carboxylic acids is 1. The molecule has 0 radical (unpaired) electrons. The first-order valence-electron chi connectivity index (χ1n) is 23.8. The van der Waals surface area contributed by atoms with Crippen molar-refractivity contribution in [3.8, 4) is 11.1 Å². The highest BCUT2D eigenvalue weighted by atomic mass is 35.5. The van der Waals surface area contributed by atoms with Crippen LogP contribution in [0.5, 0.6) is 0 Å². The van der Waals surface area contributed by atoms with Gasteiger partial charge in [0.25, 0.3) is 0 Å². The van der Waals surface area contributed by atoms with Gasteiger partial charge in [0, 0.05) is 104 Å². The van der Waals surface area contributed by atoms with Gasteiger partial charge >= 0.3 is 16.2 Å². The van der Waals surface area contributed by atoms with Crippen LogP contribution in [0.25, 0.3) is 22.2 Å². The average Bonchev–Trinajstić information content (AvgIpc) is 3.89. The second kappa shape index (κ2) is 22.1. The van der Waals surface area contributed by atoms with Crippen molar-refractivity contribution in [3.05, 3.63) is 76.8 Å². The van der Waals surface area contributed by atoms with E-state index in [1.807, 2.05) is 23.1 Å². The van der Waals surface area contributed by atoms with Gasteiger partial charge in [-0.2, -0.15) is 12.7 Å². The summed E-state index contributed by atoms with van der Waals surface area (Å²) in [6.07, 6.45) is 4.07. The summed E-state index contributed by atoms with van der Waals surface area (Å²) >= 11 is 6.98. The predicted octanol–water partition coefficient (Wildman–Crippen LogP) is 8.37. The molecule has 7 rings (SSSR count). The molecular weight excluding hydrogens is 948 g/mol. The summed E-state index contributed by atoms with van der Waals surface area (Å²) in [6, 6.07) is 14.0. The smallest absolute Gasteiger partial charge is 0.317 e. The summed E-state index contributed by atoms with van der Waals surface area (Å²) in [5.74, 6) is -1.90. The van der Waals surface area contributed by atoms with Crippen LogP contribution in [-0.2, 0) is 31.2 Å². The molecule has 0 aliphatic carbocycles. The number of carboxylic acid groups (broad SMARTS) is 1. The maximum atomic E-state index is 16.2. The highest BCUT2D eigenvalue weighted by molar-refractivity contribution is 7.90. The van der Waals surface area contributed by atoms with Crippen LogP contribution in [0.1, 0.15) is 35.2 Å². The first kappa shape index (κ1) is 52.0. The molecule has 1 N–H and O–H groups in total. The Morgan fingerprint density at radius 2 is 1.53 bits per heavy atom. The largest absolute Gasteiger partial charge is 0.480 e. The fraction of sp³-hybridized carbons (Fsp3) is 0.562. The summed E-state index contributed by atoms with van der Waals surface area (Å²) in [5, 5.41) is 9.18. The Kier molecular flexibility index (Phi) is 16.9. The summed E-state index contributed by atoms with van der Waals surface area (Å²) in [4.78, 5) is 37.7. The van der Waals surface area contributed by atoms with Crippen LogP contribution >= 0.6 is 11.6 Å². The molecule has 3 saturated heterocycles. The Bertz CT molecular complexity index is 2510. The standard InChI is InChI=1S/C48H68ClF2N7O7SSi2/c1-67(2,3)25-23-64-33-56-31-41(47(61)45-42(51)11-12-43(46(45)49)58(34-65-24-26-68(4,5)6)66(62,63)57-18-15-38(50)30-57)40-27-37(28-52-48(40)56)36-7-9-39(10-8-36)55-21-19-54(20-22-55)29-35-13-16-53(17-14-35)32-44(59)60/h7-12,27-28,31,35,38H,13-26,29-30,32-34H2,1-6H3,(H,59,60)/t38-/m1/s1. The number of ether oxygens (including phenoxy) is 2. The van der Waals surface area contributed by atoms with Crippen LogP contribution in [0, 0.1) is 11.7 Å². The number of benzene rings is 2. The molecule has 2 aromatic carbocycles. The molecule has 0 bridgehead atoms. The molecular formula is C48H68ClF2N7O7SSi2. The van der Waals surface area contributed by atoms with E-state index in [-0.39, 0.29) is 50.6 Å². The Morgan fingerprint density at radius 1 is 0.868 bits per heavy atom. The van der Waals surface area contributed by atoms with Crippen molar-refractivity contribution in [2.24, 2.45) is 5.92 Å². The quantitative estimate of drug-likeness (QED) is 0.0373. The summed E-state index contributed by atoms with van der Waals surface area (Å²) in [5.41, 5.74) is 2.60. The summed E-state index contributed by atoms with van der Waals surface area (Å²) < 4.78 is 74.6. The van der Waals surface area contributed by atoms with E-state index in [4.69, 9.17) is 31.2 Å². The van der Waals surface area contributed by atoms with E-state index in [0.29, 0.717) is 23.6 Å². The number of piperazine rings is 1. The van der Waals surface area contributed by atoms with E-state index in [1.54, 1.807) is 17.0 Å². The molecule has 0 spiro atoms. The number of halogens is 3. The molecule has 68 heavy (non-hydrogen) atoms. The number of likely N-dealkylation sites (tertiary alicyclic amines) is 1. The lowest BCUT2D eigenvalue weighted by molar-refractivity contribution is -0.138. The van der Waals surface area contributed by atoms with Crippen molar-refractivity contribution in [2.45, 2.75) is 83.5 Å². The molecule has 3 fully saturated rings. The lowest BCUT2D eigenvalue weighted by Gasteiger charge is -2.39. The van der Waals surface area contributed by atoms with E-state index in [9.17, 15) is 22.4 Å². The number of alkyl halides is 1. The second-order valence-electron chi connectivity index (χ2n) is 20.9. The number of carbonyl (C=O) groups is 2. The zero-order chi connectivity index (χ0) is 49.0. The number of carbonyl (C=O) groups excluding carboxylic acids is 1. The first-order valence-corrected chi connectivity index (χ1v) is 33.0. The van der Waals surface area contributed by atoms with Crippen LogP contribution in [0.4, 0.5) is 20.2 Å². The zero-order valence-corrected chi connectivity index (χ0v) is 43.9. The van der Waals surface area contributed by atoms with Gasteiger partial charge < -0.3 is 24.0 Å². The number of nitrogens with zero attached hydrogens (tertiary/aromatic N) is 7. The number of ketones is 1. The summed E-state index contributed by atoms with van der Waals surface area (Å²) in [6.45, 7) is 19.8. The van der Waals surface area contributed by atoms with Gasteiger partial charge in [-0.05, 0) is 86.3 Å². The van der Waals surface area contributed by atoms with E-state index in [2.05, 4.69) is 61.2 Å². The molecule has 14 nitrogen and oxygen atoms in total. The van der Waals surface area contributed by atoms with E-state index in [1.165, 1.54) is 6.07 Å². The van der Waals surface area contributed by atoms with Crippen LogP contribution in [0.15, 0.2) is 54.9 Å². The third kappa shape index (κ3) is 13.1. The number of pyridine rings is 1. The lowest BCUT2D eigenvalue weighted by Crippen LogP contribution is -2.49. The van der Waals surface area contributed by atoms with E-state index in [0.717, 1.165) is 102 Å². The molecule has 20 heteroatoms. The predicted molar refractivity (Wildman–Crippen MR) is 271 cm³/mol. The van der Waals surface area contributed by atoms with Crippen LogP contribution in [0.3, 0.4) is 0 Å². The number of hydrogen-bond donors (Lipinski definition) is 1. The molecule has 5 heterocycles. The molecule has 2 aromatic heterocycles. The van der Waals surface area contributed by atoms with Crippen molar-refractivity contribution >= 4 is 72.1 Å². The van der Waals surface area contributed by atoms with Crippen molar-refractivity contribution in [1.82, 2.24) is 23.7 Å². The third-order valence-corrected chi connectivity index (χ3v) is 18.8. The van der Waals surface area contributed by atoms with Gasteiger partial charge in [-0.25, -0.2) is 18.1 Å². The van der Waals surface area contributed by atoms with Crippen LogP contribution < -0.4 is 9.21 Å². The minimum Gasteiger partial charge on any atom is -0.480 e. The van der Waals surface area contributed by atoms with Crippen molar-refractivity contribution in [2.75, 3.05) is 94.6 Å². The number of hydrogen-bond acceptors (Lipinski definition) is 10. The van der Waals surface area contributed by atoms with Gasteiger partial charge in [0.2, 0.25) is 0 Å². The molecule has 0 amide bonds. The molecule has 3 aliphatic heterocycles. The van der Waals surface area contributed by atoms with Gasteiger partial charge in [-0.1, -0.05) is 63.0 Å². The fourth-order valence-corrected chi connectivity index (χ4v) is 12.5. The zero-order valence-electron chi connectivity index (χ0n) is 40.4. The normalized spacial score (nSPS) is 18.5. The Morgan fingerprint density at radius 3 is 2.15 bits per heavy atom. The van der Waals surface area contributed by atoms with Gasteiger partial charge in [0.1, 0.15) is 31.1 Å². The molecule has 0 unspecified atom stereocenters. The van der Waals surface area contributed by atoms with Gasteiger partial charge in [-0.15, -0.1) is 0 Å². The molecule has 0 saturated carbocycles. The SMILES string of the molecule is C[Si](C)(C)CCOCN(c1ccc(F)c(C(=O)c2cn(COCC[Si](C)(C)C)c3ncc(-c4ccc(N5CCN(CC6CCN(CC(=O)O)CC6)CC5)cc4)cc23)c1Cl)S(=O)(=O)N1CC[C@@H](F)C1. The monoisotopic (exact) mass is 1020 g/mol. The van der Waals surface area contributed by atoms with Crippen LogP contribution in [0.2, 0.25) is 56.4 Å². The fourth-order valence-electron chi connectivity index (χ4n) is 8.99. The molecule has 3 aliphatic rings. The lowest BCUT2D eigenvalue weighted by atomic mass is 9.96. The molecule has 4 aromatic rings. The topological polar surface area (TPSA) is 141 Å². The number of piperidine rings is 1. The average molecular weight is 1020 g/mol. The number of fused-ring (bicyclic) bond motifs is 1. The van der Waals surface area contributed by atoms with Gasteiger partial charge in [-0.3, -0.25) is 19.4 Å². The summed E-state index contributed by atoms with van der Waals surface area (Å²) in [7, 11) is -7.38. The third-order valence-electron chi connectivity index (χ3n) is 13.2. The second-order valence-corrected chi connectivity index (χ2v) is 34.4. The minimum absolute atomic E-state index is 0.0369. The van der Waals surface area contributed by atoms with Crippen molar-refractivity contribution < 1.29 is 41.4 Å². The molecule has 372 valence electrons. The van der Waals surface area contributed by atoms with Gasteiger partial charge in [0.15, 0.2) is 5.78 Å². The number of aromatic nitrogens is 2. The van der Waals surface area contributed by atoms with Crippen LogP contribution in [-0.4, -0.2) is 157 Å². The number of aliphatic carboxylic acids is 1. The highest BCUT2D eigenvalue weighted by Gasteiger charge is 2.38. The van der Waals surface area contributed by atoms with Crippen molar-refractivity contribution in [3.63, 3.8) is 0 Å². The highest BCUT2D eigenvalue weighted by Crippen LogP contribution is 2.38. The minimum atomic E-state index is -4.41. The maximum Gasteiger partial charge on any atom is 0.317 e. The van der Waals surface area contributed by atoms with E-state index < -0.39 is 67.4 Å².